The number of carbonyl (C=O) groups excluding carboxylic acids is 1. The van der Waals surface area contributed by atoms with Crippen LogP contribution >= 0.6 is 0 Å². The number of nitrogen functional groups attached to an aromatic ring is 1. The van der Waals surface area contributed by atoms with E-state index in [1.165, 1.54) is 18.3 Å². The van der Waals surface area contributed by atoms with Crippen LogP contribution in [0.2, 0.25) is 0 Å². The molecule has 0 radical (unpaired) electrons. The van der Waals surface area contributed by atoms with Crippen LogP contribution in [0.1, 0.15) is 5.56 Å². The number of carbonyl (C=O) groups is 1. The van der Waals surface area contributed by atoms with Gasteiger partial charge in [-0.05, 0) is 17.5 Å². The van der Waals surface area contributed by atoms with Gasteiger partial charge in [0.15, 0.2) is 0 Å². The van der Waals surface area contributed by atoms with E-state index in [1.807, 2.05) is 0 Å². The van der Waals surface area contributed by atoms with Crippen LogP contribution in [0.15, 0.2) is 30.5 Å². The molecule has 0 aliphatic heterocycles. The van der Waals surface area contributed by atoms with Crippen molar-refractivity contribution in [3.05, 3.63) is 36.0 Å². The first-order valence-corrected chi connectivity index (χ1v) is 4.82. The molecule has 2 N–H and O–H groups in total. The molecule has 1 aromatic heterocycles. The first-order valence-electron chi connectivity index (χ1n) is 4.82. The zero-order valence-corrected chi connectivity index (χ0v) is 8.86. The van der Waals surface area contributed by atoms with Crippen LogP contribution in [0.3, 0.4) is 0 Å². The largest absolute Gasteiger partial charge is 0.422 e. The molecule has 0 aliphatic rings. The molecule has 0 saturated heterocycles. The average molecular weight is 256 g/mol. The van der Waals surface area contributed by atoms with Crippen molar-refractivity contribution >= 4 is 22.6 Å². The number of pyridine rings is 1. The molecule has 1 aromatic carbocycles. The van der Waals surface area contributed by atoms with E-state index in [9.17, 15) is 18.1 Å². The van der Waals surface area contributed by atoms with Gasteiger partial charge in [0, 0.05) is 21.7 Å². The van der Waals surface area contributed by atoms with Gasteiger partial charge in [-0.1, -0.05) is 12.1 Å². The SMILES string of the molecule is Nc1nccc2cc(C(F)(F)C(=O)OF)ccc12. The molecule has 1 heterocycles. The second kappa shape index (κ2) is 4.17. The normalized spacial score (nSPS) is 11.5. The summed E-state index contributed by atoms with van der Waals surface area (Å²) in [7, 11) is 0. The van der Waals surface area contributed by atoms with Crippen molar-refractivity contribution in [2.24, 2.45) is 0 Å². The Bertz CT molecular complexity index is 616. The van der Waals surface area contributed by atoms with Crippen LogP contribution < -0.4 is 5.73 Å². The van der Waals surface area contributed by atoms with Gasteiger partial charge in [0.1, 0.15) is 5.82 Å². The molecule has 2 rings (SSSR count). The molecule has 0 aliphatic carbocycles. The highest BCUT2D eigenvalue weighted by atomic mass is 19.3. The Balaban J connectivity index is 2.57. The number of halogens is 3. The Morgan fingerprint density at radius 3 is 2.72 bits per heavy atom. The first-order chi connectivity index (χ1) is 8.46. The number of nitrogens with two attached hydrogens (primary N) is 1. The molecule has 18 heavy (non-hydrogen) atoms. The van der Waals surface area contributed by atoms with Crippen molar-refractivity contribution in [3.8, 4) is 0 Å². The zero-order valence-electron chi connectivity index (χ0n) is 8.86. The third-order valence-corrected chi connectivity index (χ3v) is 2.48. The van der Waals surface area contributed by atoms with Crippen LogP contribution in [0, 0.1) is 0 Å². The Hall–Kier alpha value is -2.31. The molecular formula is C11H7F3N2O2. The fraction of sp³-hybridized carbons (Fsp3) is 0.0909. The van der Waals surface area contributed by atoms with Crippen LogP contribution in [0.5, 0.6) is 0 Å². The predicted molar refractivity (Wildman–Crippen MR) is 57.2 cm³/mol. The van der Waals surface area contributed by atoms with Gasteiger partial charge in [0.2, 0.25) is 0 Å². The van der Waals surface area contributed by atoms with Gasteiger partial charge in [-0.15, -0.1) is 0 Å². The third kappa shape index (κ3) is 1.83. The van der Waals surface area contributed by atoms with Gasteiger partial charge < -0.3 is 5.73 Å². The van der Waals surface area contributed by atoms with E-state index in [-0.39, 0.29) is 5.82 Å². The number of anilines is 1. The summed E-state index contributed by atoms with van der Waals surface area (Å²) in [5.41, 5.74) is 4.87. The standard InChI is InChI=1S/C11H7F3N2O2/c12-11(13,10(17)18-14)7-1-2-8-6(5-7)3-4-16-9(8)15/h1-5H,(H2,15,16). The van der Waals surface area contributed by atoms with E-state index in [2.05, 4.69) is 9.93 Å². The maximum atomic E-state index is 13.4. The van der Waals surface area contributed by atoms with Crippen molar-refractivity contribution < 1.29 is 23.0 Å². The zero-order chi connectivity index (χ0) is 13.3. The van der Waals surface area contributed by atoms with Crippen LogP contribution in [0.25, 0.3) is 10.8 Å². The molecule has 7 heteroatoms. The molecule has 0 spiro atoms. The number of rotatable bonds is 2. The molecule has 0 saturated carbocycles. The van der Waals surface area contributed by atoms with E-state index in [4.69, 9.17) is 5.73 Å². The summed E-state index contributed by atoms with van der Waals surface area (Å²) in [5.74, 6) is -6.14. The van der Waals surface area contributed by atoms with Crippen molar-refractivity contribution in [1.29, 1.82) is 0 Å². The van der Waals surface area contributed by atoms with Gasteiger partial charge in [-0.2, -0.15) is 8.78 Å². The summed E-state index contributed by atoms with van der Waals surface area (Å²) in [4.78, 5) is 17.0. The molecule has 0 atom stereocenters. The quantitative estimate of drug-likeness (QED) is 0.895. The lowest BCUT2D eigenvalue weighted by Crippen LogP contribution is -2.26. The smallest absolute Gasteiger partial charge is 0.383 e. The van der Waals surface area contributed by atoms with Crippen molar-refractivity contribution in [3.63, 3.8) is 0 Å². The van der Waals surface area contributed by atoms with Crippen LogP contribution in [-0.4, -0.2) is 11.0 Å². The Labute approximate surface area is 99.1 Å². The fourth-order valence-corrected chi connectivity index (χ4v) is 1.56. The van der Waals surface area contributed by atoms with E-state index in [1.54, 1.807) is 0 Å². The second-order valence-corrected chi connectivity index (χ2v) is 3.57. The number of hydrogen-bond donors (Lipinski definition) is 1. The highest BCUT2D eigenvalue weighted by Crippen LogP contribution is 2.32. The third-order valence-electron chi connectivity index (χ3n) is 2.48. The fourth-order valence-electron chi connectivity index (χ4n) is 1.56. The Morgan fingerprint density at radius 1 is 1.33 bits per heavy atom. The number of nitrogens with zero attached hydrogens (tertiary/aromatic N) is 1. The van der Waals surface area contributed by atoms with Crippen LogP contribution in [0.4, 0.5) is 19.1 Å². The lowest BCUT2D eigenvalue weighted by Gasteiger charge is -2.12. The van der Waals surface area contributed by atoms with E-state index in [0.29, 0.717) is 10.8 Å². The minimum Gasteiger partial charge on any atom is -0.383 e. The molecule has 0 unspecified atom stereocenters. The number of alkyl halides is 2. The molecule has 0 fully saturated rings. The van der Waals surface area contributed by atoms with Crippen LogP contribution in [-0.2, 0) is 15.7 Å². The first kappa shape index (κ1) is 12.2. The summed E-state index contributed by atoms with van der Waals surface area (Å²) in [6, 6.07) is 4.74. The van der Waals surface area contributed by atoms with E-state index >= 15 is 0 Å². The number of aromatic nitrogens is 1. The average Bonchev–Trinajstić information content (AvgIpc) is 2.37. The molecule has 2 aromatic rings. The monoisotopic (exact) mass is 256 g/mol. The summed E-state index contributed by atoms with van der Waals surface area (Å²) < 4.78 is 38.4. The lowest BCUT2D eigenvalue weighted by atomic mass is 10.0. The molecule has 0 amide bonds. The second-order valence-electron chi connectivity index (χ2n) is 3.57. The Morgan fingerprint density at radius 2 is 2.06 bits per heavy atom. The summed E-state index contributed by atoms with van der Waals surface area (Å²) in [6.45, 7) is 0. The topological polar surface area (TPSA) is 65.2 Å². The highest BCUT2D eigenvalue weighted by molar-refractivity contribution is 5.92. The van der Waals surface area contributed by atoms with Crippen molar-refractivity contribution in [1.82, 2.24) is 4.98 Å². The van der Waals surface area contributed by atoms with Gasteiger partial charge in [-0.25, -0.2) is 14.7 Å². The van der Waals surface area contributed by atoms with Gasteiger partial charge in [0.05, 0.1) is 0 Å². The minimum atomic E-state index is -4.05. The van der Waals surface area contributed by atoms with Crippen molar-refractivity contribution in [2.75, 3.05) is 5.73 Å². The molecule has 4 nitrogen and oxygen atoms in total. The number of benzene rings is 1. The van der Waals surface area contributed by atoms with Gasteiger partial charge >= 0.3 is 11.9 Å². The maximum absolute atomic E-state index is 13.4. The van der Waals surface area contributed by atoms with E-state index < -0.39 is 17.5 Å². The van der Waals surface area contributed by atoms with Gasteiger partial charge in [-0.3, -0.25) is 0 Å². The number of hydrogen-bond acceptors (Lipinski definition) is 4. The van der Waals surface area contributed by atoms with Gasteiger partial charge in [0.25, 0.3) is 0 Å². The van der Waals surface area contributed by atoms with Crippen molar-refractivity contribution in [2.45, 2.75) is 5.92 Å². The Kier molecular flexibility index (Phi) is 2.82. The molecule has 94 valence electrons. The number of fused-ring (bicyclic) bond motifs is 1. The molecule has 0 bridgehead atoms. The highest BCUT2D eigenvalue weighted by Gasteiger charge is 2.44. The summed E-state index contributed by atoms with van der Waals surface area (Å²) >= 11 is 0. The van der Waals surface area contributed by atoms with E-state index in [0.717, 1.165) is 12.1 Å². The maximum Gasteiger partial charge on any atom is 0.422 e. The summed E-state index contributed by atoms with van der Waals surface area (Å²) in [6.07, 6.45) is 1.34. The predicted octanol–water partition coefficient (Wildman–Crippen LogP) is 2.34. The summed E-state index contributed by atoms with van der Waals surface area (Å²) in [5, 5.41) is 0.831. The lowest BCUT2D eigenvalue weighted by molar-refractivity contribution is -0.213. The molecular weight excluding hydrogens is 249 g/mol. The minimum absolute atomic E-state index is 0.176.